The number of carbonyl (C=O) groups excluding carboxylic acids is 1. The second-order valence-electron chi connectivity index (χ2n) is 6.79. The molecule has 0 radical (unpaired) electrons. The minimum absolute atomic E-state index is 0.0479. The smallest absolute Gasteiger partial charge is 0.227 e. The molecule has 8 heteroatoms. The molecule has 1 aliphatic rings. The maximum Gasteiger partial charge on any atom is 0.227 e. The van der Waals surface area contributed by atoms with Crippen molar-refractivity contribution < 1.29 is 17.8 Å². The zero-order valence-corrected chi connectivity index (χ0v) is 15.8. The SMILES string of the molecule is CC(F)(C1CCN(C(=O)Cc2ccnnc2)CC1)S(=O)c1cccc(F)c1. The van der Waals surface area contributed by atoms with Crippen LogP contribution in [0, 0.1) is 11.7 Å². The second-order valence-corrected chi connectivity index (χ2v) is 8.60. The lowest BCUT2D eigenvalue weighted by atomic mass is 9.92. The molecule has 0 aliphatic carbocycles. The summed E-state index contributed by atoms with van der Waals surface area (Å²) in [5.74, 6) is -1.05. The Morgan fingerprint density at radius 2 is 2.04 bits per heavy atom. The average Bonchev–Trinajstić information content (AvgIpc) is 2.68. The summed E-state index contributed by atoms with van der Waals surface area (Å²) in [7, 11) is -1.98. The molecule has 0 saturated carbocycles. The molecule has 1 saturated heterocycles. The molecule has 144 valence electrons. The number of hydrogen-bond donors (Lipinski definition) is 0. The summed E-state index contributed by atoms with van der Waals surface area (Å²) in [5.41, 5.74) is 0.777. The van der Waals surface area contributed by atoms with Gasteiger partial charge in [0, 0.05) is 30.1 Å². The molecule has 3 rings (SSSR count). The number of alkyl halides is 1. The van der Waals surface area contributed by atoms with Gasteiger partial charge in [0.15, 0.2) is 5.00 Å². The van der Waals surface area contributed by atoms with E-state index in [4.69, 9.17) is 0 Å². The van der Waals surface area contributed by atoms with E-state index in [1.165, 1.54) is 31.3 Å². The van der Waals surface area contributed by atoms with Gasteiger partial charge in [-0.1, -0.05) is 6.07 Å². The molecule has 2 aromatic rings. The first-order valence-corrected chi connectivity index (χ1v) is 9.92. The average molecular weight is 393 g/mol. The summed E-state index contributed by atoms with van der Waals surface area (Å²) < 4.78 is 41.3. The number of aromatic nitrogens is 2. The number of rotatable bonds is 5. The number of nitrogens with zero attached hydrogens (tertiary/aromatic N) is 3. The predicted octanol–water partition coefficient (Wildman–Crippen LogP) is 2.89. The minimum Gasteiger partial charge on any atom is -0.342 e. The van der Waals surface area contributed by atoms with Crippen molar-refractivity contribution in [2.24, 2.45) is 5.92 Å². The van der Waals surface area contributed by atoms with Crippen LogP contribution < -0.4 is 0 Å². The maximum absolute atomic E-state index is 15.3. The molecule has 2 heterocycles. The lowest BCUT2D eigenvalue weighted by molar-refractivity contribution is -0.132. The second kappa shape index (κ2) is 8.21. The van der Waals surface area contributed by atoms with E-state index in [0.29, 0.717) is 25.9 Å². The third-order valence-corrected chi connectivity index (χ3v) is 6.69. The molecule has 0 bridgehead atoms. The first-order valence-electron chi connectivity index (χ1n) is 8.77. The van der Waals surface area contributed by atoms with Crippen LogP contribution in [-0.4, -0.2) is 43.3 Å². The summed E-state index contributed by atoms with van der Waals surface area (Å²) >= 11 is 0. The lowest BCUT2D eigenvalue weighted by Crippen LogP contribution is -2.45. The van der Waals surface area contributed by atoms with Crippen molar-refractivity contribution in [2.45, 2.75) is 36.1 Å². The monoisotopic (exact) mass is 393 g/mol. The van der Waals surface area contributed by atoms with E-state index in [9.17, 15) is 13.4 Å². The molecule has 1 amide bonds. The van der Waals surface area contributed by atoms with Gasteiger partial charge in [-0.25, -0.2) is 8.78 Å². The molecule has 2 unspecified atom stereocenters. The molecule has 27 heavy (non-hydrogen) atoms. The van der Waals surface area contributed by atoms with E-state index in [2.05, 4.69) is 10.2 Å². The summed E-state index contributed by atoms with van der Waals surface area (Å²) in [5, 5.41) is 5.44. The third kappa shape index (κ3) is 4.55. The number of benzene rings is 1. The van der Waals surface area contributed by atoms with Gasteiger partial charge in [0.05, 0.1) is 23.4 Å². The van der Waals surface area contributed by atoms with Crippen molar-refractivity contribution in [3.8, 4) is 0 Å². The van der Waals surface area contributed by atoms with Crippen LogP contribution in [0.5, 0.6) is 0 Å². The Labute approximate surface area is 159 Å². The van der Waals surface area contributed by atoms with Crippen molar-refractivity contribution in [1.82, 2.24) is 15.1 Å². The van der Waals surface area contributed by atoms with Gasteiger partial charge in [0.25, 0.3) is 0 Å². The van der Waals surface area contributed by atoms with Crippen molar-refractivity contribution in [1.29, 1.82) is 0 Å². The van der Waals surface area contributed by atoms with E-state index < -0.39 is 27.5 Å². The third-order valence-electron chi connectivity index (χ3n) is 4.95. The Balaban J connectivity index is 1.60. The number of piperidine rings is 1. The van der Waals surface area contributed by atoms with Crippen LogP contribution in [0.4, 0.5) is 8.78 Å². The largest absolute Gasteiger partial charge is 0.342 e. The van der Waals surface area contributed by atoms with Gasteiger partial charge in [-0.05, 0) is 49.6 Å². The zero-order chi connectivity index (χ0) is 19.4. The number of likely N-dealkylation sites (tertiary alicyclic amines) is 1. The topological polar surface area (TPSA) is 63.2 Å². The van der Waals surface area contributed by atoms with Crippen molar-refractivity contribution >= 4 is 16.7 Å². The van der Waals surface area contributed by atoms with E-state index in [-0.39, 0.29) is 17.2 Å². The van der Waals surface area contributed by atoms with Crippen LogP contribution in [0.15, 0.2) is 47.6 Å². The molecule has 1 aromatic heterocycles. The zero-order valence-electron chi connectivity index (χ0n) is 15.0. The summed E-state index contributed by atoms with van der Waals surface area (Å²) in [6.45, 7) is 2.11. The van der Waals surface area contributed by atoms with E-state index in [1.807, 2.05) is 0 Å². The highest BCUT2D eigenvalue weighted by Gasteiger charge is 2.43. The summed E-state index contributed by atoms with van der Waals surface area (Å²) in [6, 6.07) is 6.97. The highest BCUT2D eigenvalue weighted by molar-refractivity contribution is 7.86. The van der Waals surface area contributed by atoms with Gasteiger partial charge in [0.1, 0.15) is 5.82 Å². The number of halogens is 2. The predicted molar refractivity (Wildman–Crippen MR) is 97.4 cm³/mol. The first-order chi connectivity index (χ1) is 12.9. The molecular weight excluding hydrogens is 372 g/mol. The van der Waals surface area contributed by atoms with Gasteiger partial charge >= 0.3 is 0 Å². The highest BCUT2D eigenvalue weighted by atomic mass is 32.2. The van der Waals surface area contributed by atoms with Crippen LogP contribution >= 0.6 is 0 Å². The number of hydrogen-bond acceptors (Lipinski definition) is 4. The molecule has 2 atom stereocenters. The molecular formula is C19H21F2N3O2S. The van der Waals surface area contributed by atoms with Crippen molar-refractivity contribution in [3.63, 3.8) is 0 Å². The molecule has 1 fully saturated rings. The van der Waals surface area contributed by atoms with Gasteiger partial charge < -0.3 is 4.90 Å². The Morgan fingerprint density at radius 1 is 1.30 bits per heavy atom. The van der Waals surface area contributed by atoms with E-state index in [0.717, 1.165) is 11.6 Å². The fraction of sp³-hybridized carbons (Fsp3) is 0.421. The Hall–Kier alpha value is -2.22. The lowest BCUT2D eigenvalue weighted by Gasteiger charge is -2.37. The van der Waals surface area contributed by atoms with Crippen LogP contribution in [-0.2, 0) is 22.0 Å². The minimum atomic E-state index is -1.99. The summed E-state index contributed by atoms with van der Waals surface area (Å²) in [4.78, 5) is 14.2. The maximum atomic E-state index is 15.3. The molecule has 1 aliphatic heterocycles. The fourth-order valence-electron chi connectivity index (χ4n) is 3.32. The molecule has 0 N–H and O–H groups in total. The fourth-order valence-corrected chi connectivity index (χ4v) is 4.74. The highest BCUT2D eigenvalue weighted by Crippen LogP contribution is 2.37. The Kier molecular flexibility index (Phi) is 5.94. The molecule has 1 aromatic carbocycles. The van der Waals surface area contributed by atoms with Gasteiger partial charge in [-0.15, -0.1) is 0 Å². The van der Waals surface area contributed by atoms with Gasteiger partial charge in [-0.3, -0.25) is 9.00 Å². The van der Waals surface area contributed by atoms with Gasteiger partial charge in [-0.2, -0.15) is 10.2 Å². The quantitative estimate of drug-likeness (QED) is 0.784. The molecule has 5 nitrogen and oxygen atoms in total. The van der Waals surface area contributed by atoms with Crippen molar-refractivity contribution in [2.75, 3.05) is 13.1 Å². The van der Waals surface area contributed by atoms with Crippen LogP contribution in [0.3, 0.4) is 0 Å². The van der Waals surface area contributed by atoms with Gasteiger partial charge in [0.2, 0.25) is 5.91 Å². The van der Waals surface area contributed by atoms with Crippen LogP contribution in [0.25, 0.3) is 0 Å². The first kappa shape index (κ1) is 19.5. The normalized spacial score (nSPS) is 18.7. The van der Waals surface area contributed by atoms with E-state index in [1.54, 1.807) is 17.2 Å². The summed E-state index contributed by atoms with van der Waals surface area (Å²) in [6.07, 6.45) is 4.13. The van der Waals surface area contributed by atoms with Crippen LogP contribution in [0.1, 0.15) is 25.3 Å². The van der Waals surface area contributed by atoms with Crippen LogP contribution in [0.2, 0.25) is 0 Å². The standard InChI is InChI=1S/C19H21F2N3O2S/c1-19(21,27(26)17-4-2-3-16(20)12-17)15-6-9-24(10-7-15)18(25)11-14-5-8-22-23-13-14/h2-5,8,12-13,15H,6-7,9-11H2,1H3. The number of amides is 1. The van der Waals surface area contributed by atoms with Crippen molar-refractivity contribution in [3.05, 3.63) is 54.1 Å². The Morgan fingerprint density at radius 3 is 2.67 bits per heavy atom. The Bertz CT molecular complexity index is 825. The number of carbonyl (C=O) groups is 1. The molecule has 0 spiro atoms. The van der Waals surface area contributed by atoms with E-state index >= 15 is 4.39 Å².